The van der Waals surface area contributed by atoms with E-state index in [-0.39, 0.29) is 11.7 Å². The monoisotopic (exact) mass is 258 g/mol. The summed E-state index contributed by atoms with van der Waals surface area (Å²) in [5.74, 6) is 0.470. The van der Waals surface area contributed by atoms with Crippen LogP contribution in [0.2, 0.25) is 0 Å². The average Bonchev–Trinajstić information content (AvgIpc) is 2.39. The van der Waals surface area contributed by atoms with Crippen LogP contribution in [0.4, 0.5) is 5.69 Å². The first-order valence-corrected chi connectivity index (χ1v) is 5.87. The van der Waals surface area contributed by atoms with Crippen LogP contribution in [0.1, 0.15) is 12.5 Å². The number of nitrogens with two attached hydrogens (primary N) is 1. The number of benzene rings is 1. The highest BCUT2D eigenvalue weighted by molar-refractivity contribution is 5.58. The van der Waals surface area contributed by atoms with Crippen molar-refractivity contribution in [1.82, 2.24) is 9.97 Å². The highest BCUT2D eigenvalue weighted by atomic mass is 16.6. The molecule has 0 radical (unpaired) electrons. The highest BCUT2D eigenvalue weighted by Gasteiger charge is 2.09. The molecular formula is C13H14N4O2. The van der Waals surface area contributed by atoms with Gasteiger partial charge in [-0.15, -0.1) is 0 Å². The van der Waals surface area contributed by atoms with E-state index in [1.54, 1.807) is 24.5 Å². The van der Waals surface area contributed by atoms with Gasteiger partial charge in [0.1, 0.15) is 0 Å². The molecule has 19 heavy (non-hydrogen) atoms. The Bertz CT molecular complexity index is 581. The fourth-order valence-corrected chi connectivity index (χ4v) is 1.74. The first-order valence-electron chi connectivity index (χ1n) is 5.87. The van der Waals surface area contributed by atoms with Gasteiger partial charge in [0, 0.05) is 36.1 Å². The average molecular weight is 258 g/mol. The summed E-state index contributed by atoms with van der Waals surface area (Å²) < 4.78 is 0. The standard InChI is InChI=1S/C13H14N4O2/c1-9(14)5-10-7-15-13(16-8-10)11-3-2-4-12(6-11)17(18)19/h2-4,6-9H,5,14H2,1H3. The maximum atomic E-state index is 10.7. The maximum absolute atomic E-state index is 10.7. The third kappa shape index (κ3) is 3.32. The summed E-state index contributed by atoms with van der Waals surface area (Å²) in [7, 11) is 0. The maximum Gasteiger partial charge on any atom is 0.270 e. The number of nitro groups is 1. The summed E-state index contributed by atoms with van der Waals surface area (Å²) in [6.45, 7) is 1.91. The van der Waals surface area contributed by atoms with Crippen LogP contribution in [-0.2, 0) is 6.42 Å². The van der Waals surface area contributed by atoms with Gasteiger partial charge in [0.05, 0.1) is 4.92 Å². The normalized spacial score (nSPS) is 12.1. The van der Waals surface area contributed by atoms with Gasteiger partial charge in [-0.25, -0.2) is 9.97 Å². The molecule has 98 valence electrons. The molecule has 0 amide bonds. The Morgan fingerprint density at radius 3 is 2.63 bits per heavy atom. The third-order valence-corrected chi connectivity index (χ3v) is 2.58. The van der Waals surface area contributed by atoms with E-state index in [1.807, 2.05) is 6.92 Å². The molecule has 0 saturated heterocycles. The number of nitro benzene ring substituents is 1. The van der Waals surface area contributed by atoms with Crippen molar-refractivity contribution in [3.8, 4) is 11.4 Å². The zero-order valence-corrected chi connectivity index (χ0v) is 10.5. The van der Waals surface area contributed by atoms with E-state index >= 15 is 0 Å². The van der Waals surface area contributed by atoms with Crippen molar-refractivity contribution in [3.63, 3.8) is 0 Å². The molecular weight excluding hydrogens is 244 g/mol. The molecule has 0 aliphatic rings. The SMILES string of the molecule is CC(N)Cc1cnc(-c2cccc([N+](=O)[O-])c2)nc1. The second kappa shape index (κ2) is 5.53. The van der Waals surface area contributed by atoms with E-state index in [4.69, 9.17) is 5.73 Å². The minimum absolute atomic E-state index is 0.0285. The van der Waals surface area contributed by atoms with E-state index in [1.165, 1.54) is 12.1 Å². The van der Waals surface area contributed by atoms with Crippen molar-refractivity contribution >= 4 is 5.69 Å². The van der Waals surface area contributed by atoms with E-state index in [9.17, 15) is 10.1 Å². The molecule has 0 aliphatic carbocycles. The van der Waals surface area contributed by atoms with Gasteiger partial charge in [0.15, 0.2) is 5.82 Å². The number of nitrogens with zero attached hydrogens (tertiary/aromatic N) is 3. The van der Waals surface area contributed by atoms with Gasteiger partial charge < -0.3 is 5.73 Å². The Hall–Kier alpha value is -2.34. The predicted molar refractivity (Wildman–Crippen MR) is 71.5 cm³/mol. The van der Waals surface area contributed by atoms with Crippen molar-refractivity contribution in [2.45, 2.75) is 19.4 Å². The first kappa shape index (κ1) is 13.1. The highest BCUT2D eigenvalue weighted by Crippen LogP contribution is 2.20. The largest absolute Gasteiger partial charge is 0.328 e. The molecule has 0 saturated carbocycles. The van der Waals surface area contributed by atoms with Crippen LogP contribution in [0.5, 0.6) is 0 Å². The zero-order valence-electron chi connectivity index (χ0n) is 10.5. The van der Waals surface area contributed by atoms with Gasteiger partial charge in [-0.2, -0.15) is 0 Å². The van der Waals surface area contributed by atoms with Gasteiger partial charge in [-0.05, 0) is 18.9 Å². The van der Waals surface area contributed by atoms with E-state index in [2.05, 4.69) is 9.97 Å². The Labute approximate surface area is 110 Å². The molecule has 0 spiro atoms. The number of hydrogen-bond acceptors (Lipinski definition) is 5. The van der Waals surface area contributed by atoms with Crippen molar-refractivity contribution in [2.75, 3.05) is 0 Å². The molecule has 0 aliphatic heterocycles. The predicted octanol–water partition coefficient (Wildman–Crippen LogP) is 1.94. The number of aromatic nitrogens is 2. The molecule has 1 aromatic carbocycles. The molecule has 2 aromatic rings. The molecule has 1 unspecified atom stereocenters. The van der Waals surface area contributed by atoms with Gasteiger partial charge in [0.25, 0.3) is 5.69 Å². The Morgan fingerprint density at radius 1 is 1.37 bits per heavy atom. The number of rotatable bonds is 4. The van der Waals surface area contributed by atoms with Gasteiger partial charge in [0.2, 0.25) is 0 Å². The molecule has 6 heteroatoms. The fraction of sp³-hybridized carbons (Fsp3) is 0.231. The van der Waals surface area contributed by atoms with Gasteiger partial charge in [-0.3, -0.25) is 10.1 Å². The van der Waals surface area contributed by atoms with E-state index in [0.29, 0.717) is 17.8 Å². The second-order valence-corrected chi connectivity index (χ2v) is 4.40. The summed E-state index contributed by atoms with van der Waals surface area (Å²) in [5, 5.41) is 10.7. The molecule has 2 rings (SSSR count). The van der Waals surface area contributed by atoms with Crippen LogP contribution in [0.3, 0.4) is 0 Å². The van der Waals surface area contributed by atoms with E-state index in [0.717, 1.165) is 5.56 Å². The lowest BCUT2D eigenvalue weighted by Crippen LogP contribution is -2.18. The molecule has 0 fully saturated rings. The summed E-state index contributed by atoms with van der Waals surface area (Å²) in [4.78, 5) is 18.7. The molecule has 1 atom stereocenters. The summed E-state index contributed by atoms with van der Waals surface area (Å²) in [5.41, 5.74) is 7.30. The van der Waals surface area contributed by atoms with Crippen molar-refractivity contribution in [1.29, 1.82) is 0 Å². The summed E-state index contributed by atoms with van der Waals surface area (Å²) >= 11 is 0. The van der Waals surface area contributed by atoms with E-state index < -0.39 is 4.92 Å². The summed E-state index contributed by atoms with van der Waals surface area (Å²) in [6.07, 6.45) is 4.10. The van der Waals surface area contributed by atoms with Crippen LogP contribution in [0.25, 0.3) is 11.4 Å². The van der Waals surface area contributed by atoms with Crippen molar-refractivity contribution in [3.05, 3.63) is 52.3 Å². The van der Waals surface area contributed by atoms with Crippen LogP contribution < -0.4 is 5.73 Å². The van der Waals surface area contributed by atoms with Crippen LogP contribution in [0.15, 0.2) is 36.7 Å². The summed E-state index contributed by atoms with van der Waals surface area (Å²) in [6, 6.07) is 6.31. The Kier molecular flexibility index (Phi) is 3.82. The molecule has 6 nitrogen and oxygen atoms in total. The van der Waals surface area contributed by atoms with Crippen LogP contribution in [0, 0.1) is 10.1 Å². The van der Waals surface area contributed by atoms with Gasteiger partial charge in [-0.1, -0.05) is 12.1 Å². The van der Waals surface area contributed by atoms with Crippen LogP contribution in [-0.4, -0.2) is 20.9 Å². The Balaban J connectivity index is 2.27. The third-order valence-electron chi connectivity index (χ3n) is 2.58. The van der Waals surface area contributed by atoms with Crippen molar-refractivity contribution in [2.24, 2.45) is 5.73 Å². The first-order chi connectivity index (χ1) is 9.06. The molecule has 1 aromatic heterocycles. The number of non-ortho nitro benzene ring substituents is 1. The lowest BCUT2D eigenvalue weighted by atomic mass is 10.1. The fourth-order valence-electron chi connectivity index (χ4n) is 1.74. The second-order valence-electron chi connectivity index (χ2n) is 4.40. The molecule has 2 N–H and O–H groups in total. The van der Waals surface area contributed by atoms with Crippen LogP contribution >= 0.6 is 0 Å². The topological polar surface area (TPSA) is 94.9 Å². The number of hydrogen-bond donors (Lipinski definition) is 1. The minimum atomic E-state index is -0.437. The minimum Gasteiger partial charge on any atom is -0.328 e. The zero-order chi connectivity index (χ0) is 13.8. The Morgan fingerprint density at radius 2 is 2.05 bits per heavy atom. The molecule has 0 bridgehead atoms. The van der Waals surface area contributed by atoms with Crippen molar-refractivity contribution < 1.29 is 4.92 Å². The lowest BCUT2D eigenvalue weighted by Gasteiger charge is -2.05. The van der Waals surface area contributed by atoms with Gasteiger partial charge >= 0.3 is 0 Å². The quantitative estimate of drug-likeness (QED) is 0.668. The molecule has 1 heterocycles. The smallest absolute Gasteiger partial charge is 0.270 e. The lowest BCUT2D eigenvalue weighted by molar-refractivity contribution is -0.384.